The number of aliphatic hydroxyl groups excluding tert-OH is 2. The quantitative estimate of drug-likeness (QED) is 0.0426. The van der Waals surface area contributed by atoms with E-state index in [1.165, 1.54) is 141 Å². The number of rotatable bonds is 43. The Morgan fingerprint density at radius 3 is 1.18 bits per heavy atom. The zero-order valence-electron chi connectivity index (χ0n) is 37.1. The van der Waals surface area contributed by atoms with E-state index in [1.807, 2.05) is 0 Å². The first-order valence-corrected chi connectivity index (χ1v) is 24.1. The molecule has 0 aliphatic carbocycles. The van der Waals surface area contributed by atoms with Gasteiger partial charge in [-0.15, -0.1) is 0 Å². The van der Waals surface area contributed by atoms with E-state index in [9.17, 15) is 15.0 Å². The van der Waals surface area contributed by atoms with Crippen LogP contribution < -0.4 is 5.32 Å². The van der Waals surface area contributed by atoms with Crippen LogP contribution in [0.15, 0.2) is 72.9 Å². The molecule has 0 aliphatic heterocycles. The molecular formula is C52H93NO3. The summed E-state index contributed by atoms with van der Waals surface area (Å²) < 4.78 is 0. The number of hydrogen-bond donors (Lipinski definition) is 3. The van der Waals surface area contributed by atoms with Gasteiger partial charge >= 0.3 is 0 Å². The lowest BCUT2D eigenvalue weighted by atomic mass is 10.0. The third-order valence-electron chi connectivity index (χ3n) is 10.7. The Morgan fingerprint density at radius 2 is 0.786 bits per heavy atom. The summed E-state index contributed by atoms with van der Waals surface area (Å²) in [6.45, 7) is 4.24. The summed E-state index contributed by atoms with van der Waals surface area (Å²) in [4.78, 5) is 12.4. The maximum Gasteiger partial charge on any atom is 0.220 e. The highest BCUT2D eigenvalue weighted by molar-refractivity contribution is 5.76. The molecule has 4 heteroatoms. The molecule has 0 heterocycles. The average Bonchev–Trinajstić information content (AvgIpc) is 3.20. The van der Waals surface area contributed by atoms with Gasteiger partial charge in [0.05, 0.1) is 18.8 Å². The molecule has 0 aromatic carbocycles. The minimum Gasteiger partial charge on any atom is -0.394 e. The van der Waals surface area contributed by atoms with E-state index in [0.717, 1.165) is 64.2 Å². The van der Waals surface area contributed by atoms with Gasteiger partial charge in [-0.3, -0.25) is 4.79 Å². The molecule has 2 unspecified atom stereocenters. The van der Waals surface area contributed by atoms with Crippen molar-refractivity contribution in [1.29, 1.82) is 0 Å². The van der Waals surface area contributed by atoms with Crippen molar-refractivity contribution < 1.29 is 15.0 Å². The standard InChI is InChI=1S/C52H93NO3/c1-3-5-7-9-11-13-15-17-19-20-21-22-23-24-25-26-27-28-29-30-31-32-34-36-38-40-42-44-46-48-52(56)53-50(49-54)51(55)47-45-43-41-39-37-35-33-18-16-14-12-10-8-6-4-2/h5,7,11,13,17,19,21-22,24-25,27-28,50-51,54-55H,3-4,6,8-10,12,14-16,18,20,23,26,29-49H2,1-2H3,(H,53,56)/b7-5-,13-11-,19-17-,22-21-,25-24-,28-27-. The molecule has 0 radical (unpaired) electrons. The zero-order chi connectivity index (χ0) is 40.7. The van der Waals surface area contributed by atoms with E-state index in [1.54, 1.807) is 0 Å². The van der Waals surface area contributed by atoms with Crippen LogP contribution >= 0.6 is 0 Å². The second kappa shape index (κ2) is 47.2. The van der Waals surface area contributed by atoms with Gasteiger partial charge in [-0.1, -0.05) is 234 Å². The number of carbonyl (C=O) groups is 1. The van der Waals surface area contributed by atoms with E-state index in [4.69, 9.17) is 0 Å². The summed E-state index contributed by atoms with van der Waals surface area (Å²) in [5, 5.41) is 23.2. The molecule has 0 aliphatic rings. The molecule has 3 N–H and O–H groups in total. The van der Waals surface area contributed by atoms with Crippen LogP contribution in [0.25, 0.3) is 0 Å². The summed E-state index contributed by atoms with van der Waals surface area (Å²) in [6.07, 6.45) is 67.0. The highest BCUT2D eigenvalue weighted by Gasteiger charge is 2.20. The van der Waals surface area contributed by atoms with Crippen molar-refractivity contribution in [3.05, 3.63) is 72.9 Å². The summed E-state index contributed by atoms with van der Waals surface area (Å²) in [5.74, 6) is -0.0383. The number of allylic oxidation sites excluding steroid dienone is 12. The van der Waals surface area contributed by atoms with Gasteiger partial charge in [-0.2, -0.15) is 0 Å². The predicted octanol–water partition coefficient (Wildman–Crippen LogP) is 15.5. The molecule has 0 saturated carbocycles. The third-order valence-corrected chi connectivity index (χ3v) is 10.7. The number of hydrogen-bond acceptors (Lipinski definition) is 3. The number of amides is 1. The van der Waals surface area contributed by atoms with Crippen LogP contribution in [0.2, 0.25) is 0 Å². The van der Waals surface area contributed by atoms with Crippen molar-refractivity contribution in [2.24, 2.45) is 0 Å². The summed E-state index contributed by atoms with van der Waals surface area (Å²) in [7, 11) is 0. The van der Waals surface area contributed by atoms with E-state index in [0.29, 0.717) is 12.8 Å². The van der Waals surface area contributed by atoms with Crippen LogP contribution in [0.4, 0.5) is 0 Å². The van der Waals surface area contributed by atoms with Crippen molar-refractivity contribution in [1.82, 2.24) is 5.32 Å². The number of aliphatic hydroxyl groups is 2. The fraction of sp³-hybridized carbons (Fsp3) is 0.750. The minimum atomic E-state index is -0.664. The Labute approximate surface area is 349 Å². The predicted molar refractivity (Wildman–Crippen MR) is 248 cm³/mol. The Morgan fingerprint density at radius 1 is 0.446 bits per heavy atom. The summed E-state index contributed by atoms with van der Waals surface area (Å²) >= 11 is 0. The lowest BCUT2D eigenvalue weighted by molar-refractivity contribution is -0.123. The van der Waals surface area contributed by atoms with Crippen molar-refractivity contribution in [2.75, 3.05) is 6.61 Å². The monoisotopic (exact) mass is 780 g/mol. The number of carbonyl (C=O) groups excluding carboxylic acids is 1. The van der Waals surface area contributed by atoms with Crippen LogP contribution in [-0.4, -0.2) is 34.9 Å². The molecule has 0 aromatic heterocycles. The van der Waals surface area contributed by atoms with Gasteiger partial charge in [0, 0.05) is 6.42 Å². The first-order chi connectivity index (χ1) is 27.7. The molecule has 0 fully saturated rings. The van der Waals surface area contributed by atoms with Crippen LogP contribution in [0, 0.1) is 0 Å². The molecule has 324 valence electrons. The van der Waals surface area contributed by atoms with Crippen molar-refractivity contribution in [3.63, 3.8) is 0 Å². The van der Waals surface area contributed by atoms with Gasteiger partial charge in [-0.25, -0.2) is 0 Å². The largest absolute Gasteiger partial charge is 0.394 e. The van der Waals surface area contributed by atoms with Crippen LogP contribution in [0.5, 0.6) is 0 Å². The van der Waals surface area contributed by atoms with Crippen molar-refractivity contribution in [2.45, 2.75) is 244 Å². The molecule has 1 amide bonds. The molecular weight excluding hydrogens is 687 g/mol. The SMILES string of the molecule is CC/C=C\C/C=C\C/C=C\C/C=C\C/C=C\C/C=C\CCCCCCCCCCCCC(=O)NC(CO)C(O)CCCCCCCCCCCCCCCCC. The van der Waals surface area contributed by atoms with Crippen molar-refractivity contribution in [3.8, 4) is 0 Å². The molecule has 0 saturated heterocycles. The fourth-order valence-corrected chi connectivity index (χ4v) is 7.07. The highest BCUT2D eigenvalue weighted by atomic mass is 16.3. The van der Waals surface area contributed by atoms with Gasteiger partial charge in [0.1, 0.15) is 0 Å². The molecule has 0 bridgehead atoms. The maximum absolute atomic E-state index is 12.4. The second-order valence-corrected chi connectivity index (χ2v) is 16.2. The molecule has 0 rings (SSSR count). The first-order valence-electron chi connectivity index (χ1n) is 24.1. The van der Waals surface area contributed by atoms with Crippen LogP contribution in [-0.2, 0) is 4.79 Å². The Bertz CT molecular complexity index is 977. The van der Waals surface area contributed by atoms with Gasteiger partial charge in [-0.05, 0) is 64.2 Å². The van der Waals surface area contributed by atoms with E-state index in [2.05, 4.69) is 92.1 Å². The van der Waals surface area contributed by atoms with Crippen LogP contribution in [0.1, 0.15) is 232 Å². The topological polar surface area (TPSA) is 69.6 Å². The van der Waals surface area contributed by atoms with E-state index >= 15 is 0 Å². The Balaban J connectivity index is 3.55. The highest BCUT2D eigenvalue weighted by Crippen LogP contribution is 2.16. The van der Waals surface area contributed by atoms with Gasteiger partial charge < -0.3 is 15.5 Å². The molecule has 2 atom stereocenters. The molecule has 0 spiro atoms. The normalized spacial score (nSPS) is 13.6. The molecule has 0 aromatic rings. The number of nitrogens with one attached hydrogen (secondary N) is 1. The minimum absolute atomic E-state index is 0.0383. The van der Waals surface area contributed by atoms with Crippen molar-refractivity contribution >= 4 is 5.91 Å². The second-order valence-electron chi connectivity index (χ2n) is 16.2. The lowest BCUT2D eigenvalue weighted by Crippen LogP contribution is -2.45. The molecule has 56 heavy (non-hydrogen) atoms. The Kier molecular flexibility index (Phi) is 45.4. The third kappa shape index (κ3) is 43.0. The maximum atomic E-state index is 12.4. The zero-order valence-corrected chi connectivity index (χ0v) is 37.1. The smallest absolute Gasteiger partial charge is 0.220 e. The van der Waals surface area contributed by atoms with Gasteiger partial charge in [0.25, 0.3) is 0 Å². The van der Waals surface area contributed by atoms with E-state index < -0.39 is 12.1 Å². The number of unbranched alkanes of at least 4 members (excludes halogenated alkanes) is 24. The van der Waals surface area contributed by atoms with Crippen LogP contribution in [0.3, 0.4) is 0 Å². The van der Waals surface area contributed by atoms with E-state index in [-0.39, 0.29) is 12.5 Å². The average molecular weight is 780 g/mol. The fourth-order valence-electron chi connectivity index (χ4n) is 7.07. The Hall–Kier alpha value is -2.17. The molecule has 4 nitrogen and oxygen atoms in total. The van der Waals surface area contributed by atoms with Gasteiger partial charge in [0.2, 0.25) is 5.91 Å². The van der Waals surface area contributed by atoms with Gasteiger partial charge in [0.15, 0.2) is 0 Å². The lowest BCUT2D eigenvalue weighted by Gasteiger charge is -2.22. The summed E-state index contributed by atoms with van der Waals surface area (Å²) in [5.41, 5.74) is 0. The summed E-state index contributed by atoms with van der Waals surface area (Å²) in [6, 6.07) is -0.542. The first kappa shape index (κ1) is 53.8.